The lowest BCUT2D eigenvalue weighted by Crippen LogP contribution is -2.29. The molecule has 92 valence electrons. The van der Waals surface area contributed by atoms with Crippen LogP contribution in [0.3, 0.4) is 0 Å². The predicted molar refractivity (Wildman–Crippen MR) is 62.4 cm³/mol. The zero-order valence-electron chi connectivity index (χ0n) is 9.36. The number of anilines is 1. The number of para-hydroxylation sites is 1. The van der Waals surface area contributed by atoms with Gasteiger partial charge in [0.15, 0.2) is 5.75 Å². The Bertz CT molecular complexity index is 431. The molecule has 0 atom stereocenters. The summed E-state index contributed by atoms with van der Waals surface area (Å²) in [5.74, 6) is -1.70. The highest BCUT2D eigenvalue weighted by atomic mass is 16.4. The van der Waals surface area contributed by atoms with Crippen LogP contribution in [0.25, 0.3) is 0 Å². The Labute approximate surface area is 98.3 Å². The first kappa shape index (κ1) is 12.8. The quantitative estimate of drug-likeness (QED) is 0.599. The first-order chi connectivity index (χ1) is 8.06. The van der Waals surface area contributed by atoms with Gasteiger partial charge in [-0.3, -0.25) is 0 Å². The summed E-state index contributed by atoms with van der Waals surface area (Å²) >= 11 is 0. The molecule has 4 N–H and O–H groups in total. The van der Waals surface area contributed by atoms with Crippen LogP contribution in [0.5, 0.6) is 5.75 Å². The Hall–Kier alpha value is -2.24. The molecule has 2 amide bonds. The lowest BCUT2D eigenvalue weighted by atomic mass is 10.2. The van der Waals surface area contributed by atoms with Gasteiger partial charge in [-0.25, -0.2) is 9.59 Å². The maximum absolute atomic E-state index is 11.3. The second-order valence-electron chi connectivity index (χ2n) is 3.39. The number of aromatic carboxylic acids is 1. The van der Waals surface area contributed by atoms with Crippen molar-refractivity contribution in [2.45, 2.75) is 13.3 Å². The van der Waals surface area contributed by atoms with Gasteiger partial charge in [-0.15, -0.1) is 0 Å². The molecule has 0 bridgehead atoms. The lowest BCUT2D eigenvalue weighted by molar-refractivity contribution is 0.0694. The van der Waals surface area contributed by atoms with Crippen LogP contribution in [0.4, 0.5) is 10.5 Å². The van der Waals surface area contributed by atoms with E-state index in [9.17, 15) is 14.7 Å². The standard InChI is InChI=1S/C11H14N2O4/c1-2-6-12-11(17)13-8-5-3-4-7(9(8)14)10(15)16/h3-5,14H,2,6H2,1H3,(H,15,16)(H2,12,13,17). The van der Waals surface area contributed by atoms with Gasteiger partial charge in [0.1, 0.15) is 5.56 Å². The third-order valence-electron chi connectivity index (χ3n) is 2.05. The van der Waals surface area contributed by atoms with Crippen LogP contribution in [0, 0.1) is 0 Å². The molecule has 1 aromatic carbocycles. The van der Waals surface area contributed by atoms with Gasteiger partial charge in [0.05, 0.1) is 5.69 Å². The van der Waals surface area contributed by atoms with E-state index in [4.69, 9.17) is 5.11 Å². The Morgan fingerprint density at radius 3 is 2.65 bits per heavy atom. The monoisotopic (exact) mass is 238 g/mol. The van der Waals surface area contributed by atoms with Gasteiger partial charge in [-0.2, -0.15) is 0 Å². The molecule has 6 nitrogen and oxygen atoms in total. The molecule has 0 spiro atoms. The number of carboxylic acids is 1. The molecule has 0 aliphatic rings. The number of carbonyl (C=O) groups excluding carboxylic acids is 1. The van der Waals surface area contributed by atoms with Crippen LogP contribution >= 0.6 is 0 Å². The minimum absolute atomic E-state index is 0.0681. The van der Waals surface area contributed by atoms with Gasteiger partial charge in [0, 0.05) is 6.54 Å². The summed E-state index contributed by atoms with van der Waals surface area (Å²) in [6.45, 7) is 2.41. The molecule has 0 saturated carbocycles. The maximum Gasteiger partial charge on any atom is 0.339 e. The number of hydrogen-bond donors (Lipinski definition) is 4. The van der Waals surface area contributed by atoms with Crippen molar-refractivity contribution in [3.8, 4) is 5.75 Å². The molecule has 0 heterocycles. The van der Waals surface area contributed by atoms with Crippen molar-refractivity contribution in [1.29, 1.82) is 0 Å². The van der Waals surface area contributed by atoms with Crippen molar-refractivity contribution in [3.05, 3.63) is 23.8 Å². The summed E-state index contributed by atoms with van der Waals surface area (Å²) in [5.41, 5.74) is -0.184. The molecule has 0 aliphatic heterocycles. The number of carbonyl (C=O) groups is 2. The van der Waals surface area contributed by atoms with Crippen molar-refractivity contribution in [2.75, 3.05) is 11.9 Å². The maximum atomic E-state index is 11.3. The highest BCUT2D eigenvalue weighted by Crippen LogP contribution is 2.27. The van der Waals surface area contributed by atoms with E-state index in [1.165, 1.54) is 18.2 Å². The fourth-order valence-electron chi connectivity index (χ4n) is 1.22. The normalized spacial score (nSPS) is 9.71. The molecule has 0 saturated heterocycles. The second-order valence-corrected chi connectivity index (χ2v) is 3.39. The third-order valence-corrected chi connectivity index (χ3v) is 2.05. The summed E-state index contributed by atoms with van der Waals surface area (Å²) in [4.78, 5) is 22.1. The first-order valence-electron chi connectivity index (χ1n) is 5.16. The van der Waals surface area contributed by atoms with Gasteiger partial charge in [-0.1, -0.05) is 13.0 Å². The number of rotatable bonds is 4. The number of amides is 2. The van der Waals surface area contributed by atoms with Gasteiger partial charge >= 0.3 is 12.0 Å². The van der Waals surface area contributed by atoms with E-state index in [0.29, 0.717) is 6.54 Å². The van der Waals surface area contributed by atoms with Crippen LogP contribution in [0.1, 0.15) is 23.7 Å². The minimum atomic E-state index is -1.25. The molecule has 17 heavy (non-hydrogen) atoms. The number of aromatic hydroxyl groups is 1. The Kier molecular flexibility index (Phi) is 4.33. The number of nitrogens with one attached hydrogen (secondary N) is 2. The highest BCUT2D eigenvalue weighted by molar-refractivity contribution is 5.97. The van der Waals surface area contributed by atoms with Crippen molar-refractivity contribution in [2.24, 2.45) is 0 Å². The van der Waals surface area contributed by atoms with E-state index in [2.05, 4.69) is 10.6 Å². The lowest BCUT2D eigenvalue weighted by Gasteiger charge is -2.09. The predicted octanol–water partition coefficient (Wildman–Crippen LogP) is 1.62. The SMILES string of the molecule is CCCNC(=O)Nc1cccc(C(=O)O)c1O. The number of benzene rings is 1. The summed E-state index contributed by atoms with van der Waals surface area (Å²) in [5, 5.41) is 23.3. The van der Waals surface area contributed by atoms with Crippen LogP contribution in [-0.4, -0.2) is 28.8 Å². The fraction of sp³-hybridized carbons (Fsp3) is 0.273. The molecule has 0 radical (unpaired) electrons. The van der Waals surface area contributed by atoms with Gasteiger partial charge < -0.3 is 20.8 Å². The Morgan fingerprint density at radius 2 is 2.06 bits per heavy atom. The van der Waals surface area contributed by atoms with E-state index >= 15 is 0 Å². The summed E-state index contributed by atoms with van der Waals surface area (Å²) in [6, 6.07) is 3.64. The van der Waals surface area contributed by atoms with Crippen LogP contribution in [0.2, 0.25) is 0 Å². The zero-order chi connectivity index (χ0) is 12.8. The molecule has 0 unspecified atom stereocenters. The average molecular weight is 238 g/mol. The molecule has 0 aliphatic carbocycles. The van der Waals surface area contributed by atoms with E-state index in [1.54, 1.807) is 0 Å². The van der Waals surface area contributed by atoms with Gasteiger partial charge in [0.25, 0.3) is 0 Å². The van der Waals surface area contributed by atoms with Gasteiger partial charge in [-0.05, 0) is 18.6 Å². The molecular formula is C11H14N2O4. The van der Waals surface area contributed by atoms with Crippen molar-refractivity contribution in [3.63, 3.8) is 0 Å². The van der Waals surface area contributed by atoms with E-state index < -0.39 is 17.7 Å². The third kappa shape index (κ3) is 3.37. The van der Waals surface area contributed by atoms with Crippen LogP contribution in [-0.2, 0) is 0 Å². The van der Waals surface area contributed by atoms with E-state index in [-0.39, 0.29) is 11.3 Å². The summed E-state index contributed by atoms with van der Waals surface area (Å²) < 4.78 is 0. The number of hydrogen-bond acceptors (Lipinski definition) is 3. The smallest absolute Gasteiger partial charge is 0.339 e. The van der Waals surface area contributed by atoms with Gasteiger partial charge in [0.2, 0.25) is 0 Å². The van der Waals surface area contributed by atoms with E-state index in [0.717, 1.165) is 6.42 Å². The number of phenols is 1. The molecule has 1 rings (SSSR count). The van der Waals surface area contributed by atoms with Crippen molar-refractivity contribution >= 4 is 17.7 Å². The zero-order valence-corrected chi connectivity index (χ0v) is 9.36. The molecule has 0 aromatic heterocycles. The molecule has 1 aromatic rings. The topological polar surface area (TPSA) is 98.7 Å². The van der Waals surface area contributed by atoms with E-state index in [1.807, 2.05) is 6.92 Å². The van der Waals surface area contributed by atoms with Crippen LogP contribution < -0.4 is 10.6 Å². The summed E-state index contributed by atoms with van der Waals surface area (Å²) in [6.07, 6.45) is 0.786. The van der Waals surface area contributed by atoms with Crippen molar-refractivity contribution in [1.82, 2.24) is 5.32 Å². The minimum Gasteiger partial charge on any atom is -0.505 e. The fourth-order valence-corrected chi connectivity index (χ4v) is 1.22. The van der Waals surface area contributed by atoms with Crippen molar-refractivity contribution < 1.29 is 19.8 Å². The second kappa shape index (κ2) is 5.74. The Balaban J connectivity index is 2.81. The largest absolute Gasteiger partial charge is 0.505 e. The first-order valence-corrected chi connectivity index (χ1v) is 5.16. The average Bonchev–Trinajstić information content (AvgIpc) is 2.28. The Morgan fingerprint density at radius 1 is 1.35 bits per heavy atom. The summed E-state index contributed by atoms with van der Waals surface area (Å²) in [7, 11) is 0. The van der Waals surface area contributed by atoms with Crippen LogP contribution in [0.15, 0.2) is 18.2 Å². The highest BCUT2D eigenvalue weighted by Gasteiger charge is 2.14. The number of urea groups is 1. The molecule has 0 fully saturated rings. The molecule has 6 heteroatoms. The number of carboxylic acid groups (broad SMARTS) is 1. The molecular weight excluding hydrogens is 224 g/mol.